The second-order valence-electron chi connectivity index (χ2n) is 4.91. The van der Waals surface area contributed by atoms with Gasteiger partial charge >= 0.3 is 5.97 Å². The highest BCUT2D eigenvalue weighted by Gasteiger charge is 2.15. The van der Waals surface area contributed by atoms with E-state index >= 15 is 0 Å². The highest BCUT2D eigenvalue weighted by atomic mass is 16.5. The molecule has 1 heterocycles. The van der Waals surface area contributed by atoms with Gasteiger partial charge in [0.05, 0.1) is 11.1 Å². The standard InChI is InChI=1S/C17H15NO3/c1-11-16(17(19)20)14-8-7-13(9-15(14)18-11)21-10-12-5-3-2-4-6-12/h2-9,18H,10H2,1H3,(H,19,20). The third-order valence-electron chi connectivity index (χ3n) is 3.42. The van der Waals surface area contributed by atoms with Crippen molar-refractivity contribution in [3.63, 3.8) is 0 Å². The van der Waals surface area contributed by atoms with E-state index < -0.39 is 5.97 Å². The van der Waals surface area contributed by atoms with Crippen LogP contribution in [-0.2, 0) is 6.61 Å². The molecule has 0 bridgehead atoms. The molecule has 106 valence electrons. The number of aromatic nitrogens is 1. The minimum absolute atomic E-state index is 0.319. The fourth-order valence-electron chi connectivity index (χ4n) is 2.42. The van der Waals surface area contributed by atoms with Crippen molar-refractivity contribution in [2.24, 2.45) is 0 Å². The molecule has 0 radical (unpaired) electrons. The Morgan fingerprint density at radius 3 is 2.67 bits per heavy atom. The summed E-state index contributed by atoms with van der Waals surface area (Å²) in [7, 11) is 0. The van der Waals surface area contributed by atoms with Crippen LogP contribution >= 0.6 is 0 Å². The van der Waals surface area contributed by atoms with Crippen LogP contribution in [0.4, 0.5) is 0 Å². The molecule has 2 aromatic carbocycles. The third-order valence-corrected chi connectivity index (χ3v) is 3.42. The van der Waals surface area contributed by atoms with Crippen molar-refractivity contribution in [3.05, 3.63) is 65.4 Å². The molecule has 4 heteroatoms. The first-order valence-corrected chi connectivity index (χ1v) is 6.67. The highest BCUT2D eigenvalue weighted by Crippen LogP contribution is 2.26. The second-order valence-corrected chi connectivity index (χ2v) is 4.91. The van der Waals surface area contributed by atoms with Crippen LogP contribution in [0.2, 0.25) is 0 Å². The van der Waals surface area contributed by atoms with E-state index in [0.29, 0.717) is 29.0 Å². The first kappa shape index (κ1) is 13.2. The Balaban J connectivity index is 1.86. The van der Waals surface area contributed by atoms with Crippen LogP contribution in [0.5, 0.6) is 5.75 Å². The van der Waals surface area contributed by atoms with Gasteiger partial charge in [-0.2, -0.15) is 0 Å². The molecule has 0 amide bonds. The van der Waals surface area contributed by atoms with E-state index in [9.17, 15) is 9.90 Å². The van der Waals surface area contributed by atoms with Crippen molar-refractivity contribution in [1.29, 1.82) is 0 Å². The van der Waals surface area contributed by atoms with E-state index in [-0.39, 0.29) is 0 Å². The summed E-state index contributed by atoms with van der Waals surface area (Å²) in [5, 5.41) is 9.92. The number of carboxylic acids is 1. The predicted molar refractivity (Wildman–Crippen MR) is 80.8 cm³/mol. The maximum Gasteiger partial charge on any atom is 0.338 e. The van der Waals surface area contributed by atoms with Crippen molar-refractivity contribution in [2.75, 3.05) is 0 Å². The lowest BCUT2D eigenvalue weighted by Crippen LogP contribution is -1.97. The monoisotopic (exact) mass is 281 g/mol. The fraction of sp³-hybridized carbons (Fsp3) is 0.118. The molecule has 3 aromatic rings. The third kappa shape index (κ3) is 2.60. The van der Waals surface area contributed by atoms with Gasteiger partial charge in [0.2, 0.25) is 0 Å². The van der Waals surface area contributed by atoms with E-state index in [0.717, 1.165) is 11.1 Å². The molecule has 21 heavy (non-hydrogen) atoms. The number of carbonyl (C=O) groups is 1. The smallest absolute Gasteiger partial charge is 0.338 e. The number of hydrogen-bond acceptors (Lipinski definition) is 2. The average Bonchev–Trinajstić information content (AvgIpc) is 2.81. The van der Waals surface area contributed by atoms with E-state index in [1.165, 1.54) is 0 Å². The molecule has 0 aliphatic carbocycles. The Morgan fingerprint density at radius 2 is 1.95 bits per heavy atom. The molecule has 4 nitrogen and oxygen atoms in total. The summed E-state index contributed by atoms with van der Waals surface area (Å²) >= 11 is 0. The zero-order valence-corrected chi connectivity index (χ0v) is 11.6. The number of benzene rings is 2. The summed E-state index contributed by atoms with van der Waals surface area (Å²) in [6, 6.07) is 15.3. The number of rotatable bonds is 4. The summed E-state index contributed by atoms with van der Waals surface area (Å²) in [5.41, 5.74) is 2.83. The van der Waals surface area contributed by atoms with Gasteiger partial charge in [-0.05, 0) is 24.6 Å². The van der Waals surface area contributed by atoms with Crippen molar-refractivity contribution in [3.8, 4) is 5.75 Å². The van der Waals surface area contributed by atoms with Crippen molar-refractivity contribution >= 4 is 16.9 Å². The Hall–Kier alpha value is -2.75. The molecule has 0 spiro atoms. The van der Waals surface area contributed by atoms with Crippen LogP contribution in [0.15, 0.2) is 48.5 Å². The molecule has 0 saturated heterocycles. The van der Waals surface area contributed by atoms with Crippen molar-refractivity contribution in [1.82, 2.24) is 4.98 Å². The molecule has 0 saturated carbocycles. The minimum Gasteiger partial charge on any atom is -0.489 e. The number of fused-ring (bicyclic) bond motifs is 1. The van der Waals surface area contributed by atoms with Crippen LogP contribution in [0.1, 0.15) is 21.6 Å². The SMILES string of the molecule is Cc1[nH]c2cc(OCc3ccccc3)ccc2c1C(=O)O. The maximum atomic E-state index is 11.2. The van der Waals surface area contributed by atoms with Crippen molar-refractivity contribution in [2.45, 2.75) is 13.5 Å². The summed E-state index contributed by atoms with van der Waals surface area (Å²) in [6.07, 6.45) is 0. The van der Waals surface area contributed by atoms with Crippen molar-refractivity contribution < 1.29 is 14.6 Å². The lowest BCUT2D eigenvalue weighted by Gasteiger charge is -2.06. The summed E-state index contributed by atoms with van der Waals surface area (Å²) < 4.78 is 5.74. The average molecular weight is 281 g/mol. The van der Waals surface area contributed by atoms with Gasteiger partial charge in [0.15, 0.2) is 0 Å². The van der Waals surface area contributed by atoms with Gasteiger partial charge in [-0.25, -0.2) is 4.79 Å². The van der Waals surface area contributed by atoms with Gasteiger partial charge in [0.1, 0.15) is 12.4 Å². The van der Waals surface area contributed by atoms with Gasteiger partial charge in [0.25, 0.3) is 0 Å². The quantitative estimate of drug-likeness (QED) is 0.765. The number of hydrogen-bond donors (Lipinski definition) is 2. The van der Waals surface area contributed by atoms with Gasteiger partial charge in [-0.3, -0.25) is 0 Å². The molecular weight excluding hydrogens is 266 g/mol. The molecular formula is C17H15NO3. The second kappa shape index (κ2) is 5.32. The van der Waals surface area contributed by atoms with Gasteiger partial charge in [0, 0.05) is 17.1 Å². The first-order valence-electron chi connectivity index (χ1n) is 6.67. The molecule has 3 rings (SSSR count). The van der Waals surface area contributed by atoms with Gasteiger partial charge in [-0.15, -0.1) is 0 Å². The number of aromatic amines is 1. The zero-order chi connectivity index (χ0) is 14.8. The van der Waals surface area contributed by atoms with Crippen LogP contribution in [0.25, 0.3) is 10.9 Å². The minimum atomic E-state index is -0.920. The summed E-state index contributed by atoms with van der Waals surface area (Å²) in [6.45, 7) is 2.24. The normalized spacial score (nSPS) is 10.7. The van der Waals surface area contributed by atoms with E-state index in [1.807, 2.05) is 36.4 Å². The van der Waals surface area contributed by atoms with Crippen LogP contribution in [0.3, 0.4) is 0 Å². The molecule has 0 aliphatic rings. The van der Waals surface area contributed by atoms with E-state index in [1.54, 1.807) is 19.1 Å². The predicted octanol–water partition coefficient (Wildman–Crippen LogP) is 3.75. The Morgan fingerprint density at radius 1 is 1.19 bits per heavy atom. The molecule has 0 atom stereocenters. The number of nitrogens with one attached hydrogen (secondary N) is 1. The Labute approximate surface area is 122 Å². The lowest BCUT2D eigenvalue weighted by atomic mass is 10.1. The Kier molecular flexibility index (Phi) is 3.36. The van der Waals surface area contributed by atoms with Crippen LogP contribution < -0.4 is 4.74 Å². The molecule has 0 fully saturated rings. The molecule has 1 aromatic heterocycles. The van der Waals surface area contributed by atoms with Crippen LogP contribution in [-0.4, -0.2) is 16.1 Å². The van der Waals surface area contributed by atoms with E-state index in [2.05, 4.69) is 4.98 Å². The van der Waals surface area contributed by atoms with Gasteiger partial charge < -0.3 is 14.8 Å². The largest absolute Gasteiger partial charge is 0.489 e. The number of H-pyrrole nitrogens is 1. The molecule has 2 N–H and O–H groups in total. The molecule has 0 unspecified atom stereocenters. The number of ether oxygens (including phenoxy) is 1. The first-order chi connectivity index (χ1) is 10.1. The lowest BCUT2D eigenvalue weighted by molar-refractivity contribution is 0.0698. The Bertz CT molecular complexity index is 790. The van der Waals surface area contributed by atoms with Gasteiger partial charge in [-0.1, -0.05) is 30.3 Å². The topological polar surface area (TPSA) is 62.3 Å². The zero-order valence-electron chi connectivity index (χ0n) is 11.6. The highest BCUT2D eigenvalue weighted by molar-refractivity contribution is 6.04. The summed E-state index contributed by atoms with van der Waals surface area (Å²) in [5.74, 6) is -0.207. The maximum absolute atomic E-state index is 11.2. The van der Waals surface area contributed by atoms with E-state index in [4.69, 9.17) is 4.74 Å². The number of aromatic carboxylic acids is 1. The fourth-order valence-corrected chi connectivity index (χ4v) is 2.42. The molecule has 0 aliphatic heterocycles. The number of aryl methyl sites for hydroxylation is 1. The number of carboxylic acid groups (broad SMARTS) is 1. The summed E-state index contributed by atoms with van der Waals surface area (Å²) in [4.78, 5) is 14.3. The van der Waals surface area contributed by atoms with Crippen LogP contribution in [0, 0.1) is 6.92 Å².